The van der Waals surface area contributed by atoms with Gasteiger partial charge in [0.25, 0.3) is 0 Å². The van der Waals surface area contributed by atoms with Crippen molar-refractivity contribution in [2.45, 2.75) is 118 Å². The van der Waals surface area contributed by atoms with Crippen LogP contribution in [0.25, 0.3) is 40.0 Å². The van der Waals surface area contributed by atoms with Gasteiger partial charge in [-0.2, -0.15) is 0 Å². The standard InChI is InChI=1S/C53H49N.C20H24.C2H6/c1-6-8-17-38(7-2)23-24-39-25-26-41-32-44(40-18-10-9-11-19-40)33-42-27-28-46(35-45(42)34-43(41)31-39)54(52-22-15-12-16-37(52)3)47-29-30-49-48-20-13-14-21-50(48)53(4,5)51(49)36-47;1-4-15-11-12-17-16(13-15)14-20(5-2,6-3)19-10-8-7-9-18(17)19;1-2/h6-15,17-32,35-37H,1,16,33-34H2,2-5H3;7-13H,4-6,14H2,1-3H3;1-2H3/b17-8-,24-23+,38-7+,44-32-;;. The molecule has 7 aromatic carbocycles. The van der Waals surface area contributed by atoms with Crippen LogP contribution in [0.15, 0.2) is 218 Å². The van der Waals surface area contributed by atoms with Gasteiger partial charge in [0.1, 0.15) is 0 Å². The van der Waals surface area contributed by atoms with E-state index in [0.29, 0.717) is 11.3 Å². The van der Waals surface area contributed by atoms with Crippen molar-refractivity contribution >= 4 is 29.1 Å². The first-order valence-electron chi connectivity index (χ1n) is 28.3. The SMILES string of the molecule is C=C\C=C/C(/C=C/c1ccc2c(c1)Cc1cc(N(C3=CC=CCC3C)c3ccc4c(c3)C(C)(C)c3ccccc3-4)ccc1C/C(c1ccccc1)=C/2)=C\C.CC.CCc1ccc2c(c1)CC(CC)(CC)c1ccccc1-2. The summed E-state index contributed by atoms with van der Waals surface area (Å²) >= 11 is 0. The van der Waals surface area contributed by atoms with Crippen LogP contribution in [0.1, 0.15) is 143 Å². The molecule has 11 rings (SSSR count). The van der Waals surface area contributed by atoms with E-state index in [1.54, 1.807) is 11.1 Å². The zero-order valence-corrected chi connectivity index (χ0v) is 46.9. The molecular formula is C75H79N. The molecule has 0 aromatic heterocycles. The number of anilines is 2. The van der Waals surface area contributed by atoms with E-state index in [2.05, 4.69) is 260 Å². The van der Waals surface area contributed by atoms with E-state index in [9.17, 15) is 0 Å². The Morgan fingerprint density at radius 1 is 0.645 bits per heavy atom. The summed E-state index contributed by atoms with van der Waals surface area (Å²) in [5.74, 6) is 0.390. The lowest BCUT2D eigenvalue weighted by Crippen LogP contribution is -2.31. The Kier molecular flexibility index (Phi) is 16.6. The highest BCUT2D eigenvalue weighted by Crippen LogP contribution is 2.51. The predicted octanol–water partition coefficient (Wildman–Crippen LogP) is 20.6. The molecule has 0 heterocycles. The highest BCUT2D eigenvalue weighted by molar-refractivity contribution is 5.87. The van der Waals surface area contributed by atoms with E-state index < -0.39 is 0 Å². The van der Waals surface area contributed by atoms with Crippen LogP contribution in [-0.2, 0) is 36.5 Å². The largest absolute Gasteiger partial charge is 0.314 e. The van der Waals surface area contributed by atoms with Crippen molar-refractivity contribution in [2.24, 2.45) is 5.92 Å². The van der Waals surface area contributed by atoms with Gasteiger partial charge in [-0.3, -0.25) is 0 Å². The summed E-state index contributed by atoms with van der Waals surface area (Å²) in [5.41, 5.74) is 27.3. The number of allylic oxidation sites excluding steroid dienone is 11. The quantitative estimate of drug-likeness (QED) is 0.117. The lowest BCUT2D eigenvalue weighted by Gasteiger charge is -2.39. The van der Waals surface area contributed by atoms with Crippen molar-refractivity contribution in [1.29, 1.82) is 0 Å². The fourth-order valence-electron chi connectivity index (χ4n) is 12.3. The molecule has 0 aliphatic heterocycles. The second-order valence-corrected chi connectivity index (χ2v) is 21.5. The summed E-state index contributed by atoms with van der Waals surface area (Å²) in [6, 6.07) is 57.2. The van der Waals surface area contributed by atoms with Gasteiger partial charge in [0.05, 0.1) is 0 Å². The smallest absolute Gasteiger partial charge is 0.0462 e. The van der Waals surface area contributed by atoms with E-state index in [1.165, 1.54) is 114 Å². The minimum absolute atomic E-state index is 0.0717. The molecule has 7 aromatic rings. The third-order valence-electron chi connectivity index (χ3n) is 16.8. The van der Waals surface area contributed by atoms with Crippen molar-refractivity contribution in [1.82, 2.24) is 0 Å². The van der Waals surface area contributed by atoms with Crippen molar-refractivity contribution in [3.05, 3.63) is 279 Å². The van der Waals surface area contributed by atoms with Gasteiger partial charge in [0.15, 0.2) is 0 Å². The number of hydrogen-bond donors (Lipinski definition) is 0. The highest BCUT2D eigenvalue weighted by atomic mass is 15.2. The zero-order valence-electron chi connectivity index (χ0n) is 46.9. The van der Waals surface area contributed by atoms with Crippen molar-refractivity contribution < 1.29 is 0 Å². The Morgan fingerprint density at radius 3 is 2.05 bits per heavy atom. The molecular weight excluding hydrogens is 915 g/mol. The lowest BCUT2D eigenvalue weighted by atomic mass is 9.65. The summed E-state index contributed by atoms with van der Waals surface area (Å²) in [6.45, 7) is 23.9. The third-order valence-corrected chi connectivity index (χ3v) is 16.8. The fraction of sp³-hybridized carbons (Fsp3) is 0.253. The molecule has 1 heteroatoms. The van der Waals surface area contributed by atoms with Gasteiger partial charge < -0.3 is 4.90 Å². The second kappa shape index (κ2) is 23.6. The van der Waals surface area contributed by atoms with E-state index in [0.717, 1.165) is 31.3 Å². The summed E-state index contributed by atoms with van der Waals surface area (Å²) in [5, 5.41) is 0. The van der Waals surface area contributed by atoms with Gasteiger partial charge in [0, 0.05) is 28.4 Å². The molecule has 1 nitrogen and oxygen atoms in total. The minimum atomic E-state index is -0.0717. The minimum Gasteiger partial charge on any atom is -0.314 e. The first-order valence-corrected chi connectivity index (χ1v) is 28.3. The first kappa shape index (κ1) is 53.3. The number of aryl methyl sites for hydroxylation is 1. The van der Waals surface area contributed by atoms with Gasteiger partial charge in [-0.1, -0.05) is 244 Å². The van der Waals surface area contributed by atoms with Gasteiger partial charge in [0.2, 0.25) is 0 Å². The Hall–Kier alpha value is -7.48. The summed E-state index contributed by atoms with van der Waals surface area (Å²) in [4.78, 5) is 2.54. The van der Waals surface area contributed by atoms with E-state index >= 15 is 0 Å². The molecule has 0 bridgehead atoms. The monoisotopic (exact) mass is 994 g/mol. The maximum absolute atomic E-state index is 3.84. The van der Waals surface area contributed by atoms with Crippen LogP contribution in [0.4, 0.5) is 11.4 Å². The average molecular weight is 994 g/mol. The van der Waals surface area contributed by atoms with Crippen LogP contribution in [-0.4, -0.2) is 0 Å². The number of benzene rings is 7. The van der Waals surface area contributed by atoms with E-state index in [-0.39, 0.29) is 5.41 Å². The molecule has 0 radical (unpaired) electrons. The molecule has 0 N–H and O–H groups in total. The summed E-state index contributed by atoms with van der Waals surface area (Å²) in [7, 11) is 0. The number of rotatable bonds is 11. The van der Waals surface area contributed by atoms with Crippen LogP contribution in [0, 0.1) is 5.92 Å². The second-order valence-electron chi connectivity index (χ2n) is 21.5. The maximum atomic E-state index is 3.84. The summed E-state index contributed by atoms with van der Waals surface area (Å²) < 4.78 is 0. The van der Waals surface area contributed by atoms with Gasteiger partial charge >= 0.3 is 0 Å². The summed E-state index contributed by atoms with van der Waals surface area (Å²) in [6.07, 6.45) is 29.2. The normalized spacial score (nSPS) is 17.1. The maximum Gasteiger partial charge on any atom is 0.0462 e. The lowest BCUT2D eigenvalue weighted by molar-refractivity contribution is 0.389. The van der Waals surface area contributed by atoms with Gasteiger partial charge in [-0.25, -0.2) is 0 Å². The molecule has 384 valence electrons. The molecule has 4 aliphatic rings. The molecule has 4 aliphatic carbocycles. The molecule has 0 saturated carbocycles. The molecule has 0 spiro atoms. The van der Waals surface area contributed by atoms with Crippen molar-refractivity contribution in [2.75, 3.05) is 4.90 Å². The van der Waals surface area contributed by atoms with E-state index in [1.807, 2.05) is 26.0 Å². The highest BCUT2D eigenvalue weighted by Gasteiger charge is 2.37. The average Bonchev–Trinajstić information content (AvgIpc) is 3.76. The third kappa shape index (κ3) is 10.7. The molecule has 1 atom stereocenters. The Balaban J connectivity index is 0.000000267. The van der Waals surface area contributed by atoms with Crippen molar-refractivity contribution in [3.8, 4) is 22.3 Å². The van der Waals surface area contributed by atoms with Crippen LogP contribution >= 0.6 is 0 Å². The molecule has 76 heavy (non-hydrogen) atoms. The number of nitrogens with zero attached hydrogens (tertiary/aromatic N) is 1. The Bertz CT molecular complexity index is 3410. The first-order chi connectivity index (χ1) is 37.1. The Morgan fingerprint density at radius 2 is 1.33 bits per heavy atom. The molecule has 0 saturated heterocycles. The Labute approximate surface area is 457 Å². The molecule has 1 unspecified atom stereocenters. The zero-order chi connectivity index (χ0) is 53.4. The van der Waals surface area contributed by atoms with Crippen LogP contribution in [0.3, 0.4) is 0 Å². The van der Waals surface area contributed by atoms with Gasteiger partial charge in [-0.15, -0.1) is 0 Å². The van der Waals surface area contributed by atoms with Crippen LogP contribution in [0.2, 0.25) is 0 Å². The van der Waals surface area contributed by atoms with Crippen LogP contribution in [0.5, 0.6) is 0 Å². The fourth-order valence-corrected chi connectivity index (χ4v) is 12.3. The number of hydrogen-bond acceptors (Lipinski definition) is 1. The van der Waals surface area contributed by atoms with Gasteiger partial charge in [-0.05, 0) is 182 Å². The predicted molar refractivity (Wildman–Crippen MR) is 332 cm³/mol. The number of fused-ring (bicyclic) bond motifs is 8. The topological polar surface area (TPSA) is 3.24 Å². The molecule has 0 amide bonds. The van der Waals surface area contributed by atoms with E-state index in [4.69, 9.17) is 0 Å². The van der Waals surface area contributed by atoms with Crippen molar-refractivity contribution in [3.63, 3.8) is 0 Å². The van der Waals surface area contributed by atoms with Crippen LogP contribution < -0.4 is 4.90 Å². The molecule has 0 fully saturated rings.